The van der Waals surface area contributed by atoms with Crippen LogP contribution in [0.1, 0.15) is 0 Å². The number of nitrogens with zero attached hydrogens (tertiary/aromatic N) is 2. The number of non-ortho nitro benzene ring substituents is 1. The van der Waals surface area contributed by atoms with Crippen molar-refractivity contribution in [2.24, 2.45) is 0 Å². The van der Waals surface area contributed by atoms with Crippen LogP contribution in [0.2, 0.25) is 5.02 Å². The maximum atomic E-state index is 10.7. The van der Waals surface area contributed by atoms with Crippen LogP contribution >= 0.6 is 34.7 Å². The summed E-state index contributed by atoms with van der Waals surface area (Å²) in [5.41, 5.74) is 0.852. The van der Waals surface area contributed by atoms with E-state index in [0.29, 0.717) is 5.02 Å². The molecule has 20 heavy (non-hydrogen) atoms. The molecule has 1 heterocycles. The maximum Gasteiger partial charge on any atom is 0.270 e. The minimum absolute atomic E-state index is 0.0838. The van der Waals surface area contributed by atoms with E-state index in [2.05, 4.69) is 4.98 Å². The number of rotatable bonds is 3. The van der Waals surface area contributed by atoms with E-state index in [1.807, 2.05) is 24.3 Å². The van der Waals surface area contributed by atoms with Gasteiger partial charge >= 0.3 is 0 Å². The Labute approximate surface area is 127 Å². The highest BCUT2D eigenvalue weighted by Crippen LogP contribution is 2.36. The quantitative estimate of drug-likeness (QED) is 0.502. The highest BCUT2D eigenvalue weighted by Gasteiger charge is 2.11. The van der Waals surface area contributed by atoms with Gasteiger partial charge in [0.05, 0.1) is 15.1 Å². The van der Waals surface area contributed by atoms with Gasteiger partial charge in [-0.2, -0.15) is 0 Å². The third-order valence-electron chi connectivity index (χ3n) is 2.56. The maximum absolute atomic E-state index is 10.7. The van der Waals surface area contributed by atoms with E-state index in [4.69, 9.17) is 11.6 Å². The van der Waals surface area contributed by atoms with Crippen LogP contribution in [0, 0.1) is 10.1 Å². The molecular weight excluding hydrogens is 316 g/mol. The zero-order chi connectivity index (χ0) is 14.1. The number of thiazole rings is 1. The molecule has 7 heteroatoms. The molecule has 2 aromatic carbocycles. The molecule has 100 valence electrons. The van der Waals surface area contributed by atoms with Gasteiger partial charge < -0.3 is 0 Å². The molecule has 3 rings (SSSR count). The van der Waals surface area contributed by atoms with E-state index in [1.165, 1.54) is 29.2 Å². The van der Waals surface area contributed by atoms with E-state index in [1.54, 1.807) is 12.1 Å². The summed E-state index contributed by atoms with van der Waals surface area (Å²) in [6.45, 7) is 0. The molecule has 3 aromatic rings. The topological polar surface area (TPSA) is 56.0 Å². The van der Waals surface area contributed by atoms with Crippen LogP contribution in [0.4, 0.5) is 5.69 Å². The second kappa shape index (κ2) is 5.40. The third-order valence-corrected chi connectivity index (χ3v) is 4.87. The number of nitro benzene ring substituents is 1. The molecule has 0 bridgehead atoms. The Morgan fingerprint density at radius 2 is 2.10 bits per heavy atom. The minimum atomic E-state index is -0.400. The first-order valence-corrected chi connectivity index (χ1v) is 7.61. The van der Waals surface area contributed by atoms with Gasteiger partial charge in [0.2, 0.25) is 0 Å². The van der Waals surface area contributed by atoms with Crippen molar-refractivity contribution in [3.63, 3.8) is 0 Å². The zero-order valence-corrected chi connectivity index (χ0v) is 12.3. The lowest BCUT2D eigenvalue weighted by atomic mass is 10.3. The summed E-state index contributed by atoms with van der Waals surface area (Å²) in [5, 5.41) is 11.4. The Kier molecular flexibility index (Phi) is 3.60. The van der Waals surface area contributed by atoms with E-state index in [-0.39, 0.29) is 5.69 Å². The van der Waals surface area contributed by atoms with Gasteiger partial charge in [0.25, 0.3) is 5.69 Å². The molecule has 0 saturated heterocycles. The number of hydrogen-bond donors (Lipinski definition) is 0. The average molecular weight is 323 g/mol. The monoisotopic (exact) mass is 322 g/mol. The van der Waals surface area contributed by atoms with Crippen molar-refractivity contribution in [1.29, 1.82) is 0 Å². The van der Waals surface area contributed by atoms with Crippen LogP contribution < -0.4 is 0 Å². The van der Waals surface area contributed by atoms with Crippen LogP contribution in [0.3, 0.4) is 0 Å². The standard InChI is InChI=1S/C13H7ClN2O2S2/c14-8-2-1-3-10(6-8)19-13-15-11-5-4-9(16(17)18)7-12(11)20-13/h1-7H. The summed E-state index contributed by atoms with van der Waals surface area (Å²) < 4.78 is 1.64. The van der Waals surface area contributed by atoms with Gasteiger partial charge in [-0.3, -0.25) is 10.1 Å². The Bertz CT molecular complexity index is 804. The Balaban J connectivity index is 1.95. The molecule has 0 fully saturated rings. The van der Waals surface area contributed by atoms with Crippen LogP contribution in [-0.4, -0.2) is 9.91 Å². The molecular formula is C13H7ClN2O2S2. The van der Waals surface area contributed by atoms with Crippen molar-refractivity contribution >= 4 is 50.6 Å². The fraction of sp³-hybridized carbons (Fsp3) is 0. The number of hydrogen-bond acceptors (Lipinski definition) is 5. The van der Waals surface area contributed by atoms with Gasteiger partial charge in [-0.1, -0.05) is 29.4 Å². The first-order chi connectivity index (χ1) is 9.61. The summed E-state index contributed by atoms with van der Waals surface area (Å²) in [7, 11) is 0. The van der Waals surface area contributed by atoms with Crippen molar-refractivity contribution in [3.8, 4) is 0 Å². The van der Waals surface area contributed by atoms with Gasteiger partial charge in [-0.05, 0) is 24.3 Å². The Hall–Kier alpha value is -1.63. The van der Waals surface area contributed by atoms with Crippen molar-refractivity contribution in [3.05, 3.63) is 57.6 Å². The largest absolute Gasteiger partial charge is 0.270 e. The average Bonchev–Trinajstić information content (AvgIpc) is 2.79. The normalized spacial score (nSPS) is 10.8. The molecule has 0 aliphatic carbocycles. The Morgan fingerprint density at radius 1 is 1.25 bits per heavy atom. The Morgan fingerprint density at radius 3 is 2.85 bits per heavy atom. The molecule has 0 amide bonds. The lowest BCUT2D eigenvalue weighted by Crippen LogP contribution is -1.85. The molecule has 0 atom stereocenters. The van der Waals surface area contributed by atoms with Crippen molar-refractivity contribution in [1.82, 2.24) is 4.98 Å². The molecule has 4 nitrogen and oxygen atoms in total. The summed E-state index contributed by atoms with van der Waals surface area (Å²) in [4.78, 5) is 15.8. The van der Waals surface area contributed by atoms with Gasteiger partial charge in [0.1, 0.15) is 0 Å². The van der Waals surface area contributed by atoms with Gasteiger partial charge in [-0.25, -0.2) is 4.98 Å². The second-order valence-electron chi connectivity index (χ2n) is 3.95. The summed E-state index contributed by atoms with van der Waals surface area (Å²) >= 11 is 8.87. The molecule has 1 aromatic heterocycles. The molecule has 0 unspecified atom stereocenters. The predicted molar refractivity (Wildman–Crippen MR) is 81.8 cm³/mol. The molecule has 0 radical (unpaired) electrons. The zero-order valence-electron chi connectivity index (χ0n) is 9.95. The van der Waals surface area contributed by atoms with Crippen LogP contribution in [0.5, 0.6) is 0 Å². The van der Waals surface area contributed by atoms with E-state index in [9.17, 15) is 10.1 Å². The van der Waals surface area contributed by atoms with Crippen molar-refractivity contribution in [2.75, 3.05) is 0 Å². The smallest absolute Gasteiger partial charge is 0.258 e. The highest BCUT2D eigenvalue weighted by molar-refractivity contribution is 8.01. The molecule has 0 aliphatic heterocycles. The fourth-order valence-electron chi connectivity index (χ4n) is 1.68. The fourth-order valence-corrected chi connectivity index (χ4v) is 4.07. The second-order valence-corrected chi connectivity index (χ2v) is 6.74. The van der Waals surface area contributed by atoms with Gasteiger partial charge in [-0.15, -0.1) is 11.3 Å². The molecule has 0 N–H and O–H groups in total. The third kappa shape index (κ3) is 2.77. The van der Waals surface area contributed by atoms with E-state index < -0.39 is 4.92 Å². The summed E-state index contributed by atoms with van der Waals surface area (Å²) in [6, 6.07) is 12.2. The highest BCUT2D eigenvalue weighted by atomic mass is 35.5. The lowest BCUT2D eigenvalue weighted by molar-refractivity contribution is -0.384. The number of nitro groups is 1. The summed E-state index contributed by atoms with van der Waals surface area (Å²) in [6.07, 6.45) is 0. The van der Waals surface area contributed by atoms with Crippen LogP contribution in [0.25, 0.3) is 10.2 Å². The van der Waals surface area contributed by atoms with Crippen LogP contribution in [-0.2, 0) is 0 Å². The van der Waals surface area contributed by atoms with Gasteiger partial charge in [0, 0.05) is 22.1 Å². The number of halogens is 1. The van der Waals surface area contributed by atoms with Gasteiger partial charge in [0.15, 0.2) is 4.34 Å². The lowest BCUT2D eigenvalue weighted by Gasteiger charge is -1.97. The number of fused-ring (bicyclic) bond motifs is 1. The molecule has 0 saturated carbocycles. The number of aromatic nitrogens is 1. The minimum Gasteiger partial charge on any atom is -0.258 e. The first-order valence-electron chi connectivity index (χ1n) is 5.60. The van der Waals surface area contributed by atoms with Crippen LogP contribution in [0.15, 0.2) is 51.7 Å². The van der Waals surface area contributed by atoms with Crippen molar-refractivity contribution < 1.29 is 4.92 Å². The van der Waals surface area contributed by atoms with E-state index >= 15 is 0 Å². The predicted octanol–water partition coefficient (Wildman–Crippen LogP) is 5.01. The molecule has 0 spiro atoms. The number of benzene rings is 2. The first kappa shape index (κ1) is 13.4. The van der Waals surface area contributed by atoms with E-state index in [0.717, 1.165) is 19.5 Å². The van der Waals surface area contributed by atoms with Crippen molar-refractivity contribution in [2.45, 2.75) is 9.24 Å². The molecule has 0 aliphatic rings. The SMILES string of the molecule is O=[N+]([O-])c1ccc2nc(Sc3cccc(Cl)c3)sc2c1. The summed E-state index contributed by atoms with van der Waals surface area (Å²) in [5.74, 6) is 0.